The number of benzene rings is 1. The smallest absolute Gasteiger partial charge is 0.0991 e. The van der Waals surface area contributed by atoms with Crippen molar-refractivity contribution in [3.05, 3.63) is 29.8 Å². The van der Waals surface area contributed by atoms with Gasteiger partial charge in [0.2, 0.25) is 0 Å². The molecule has 0 unspecified atom stereocenters. The monoisotopic (exact) mass is 214 g/mol. The Morgan fingerprint density at radius 1 is 1.12 bits per heavy atom. The maximum absolute atomic E-state index is 8.73. The van der Waals surface area contributed by atoms with Gasteiger partial charge in [0.25, 0.3) is 0 Å². The molecule has 0 atom stereocenters. The minimum atomic E-state index is 0.242. The molecule has 0 aliphatic heterocycles. The third-order valence-corrected chi connectivity index (χ3v) is 3.42. The van der Waals surface area contributed by atoms with E-state index in [0.29, 0.717) is 0 Å². The fourth-order valence-electron chi connectivity index (χ4n) is 2.43. The first-order valence-electron chi connectivity index (χ1n) is 6.00. The number of hydrogen-bond acceptors (Lipinski definition) is 2. The Balaban J connectivity index is 2.05. The molecule has 0 bridgehead atoms. The number of anilines is 1. The molecule has 1 fully saturated rings. The number of nitrogens with zero attached hydrogens (tertiary/aromatic N) is 1. The van der Waals surface area contributed by atoms with E-state index in [1.54, 1.807) is 0 Å². The maximum Gasteiger partial charge on any atom is 0.0991 e. The quantitative estimate of drug-likeness (QED) is 0.815. The predicted octanol–water partition coefficient (Wildman–Crippen LogP) is 3.69. The van der Waals surface area contributed by atoms with Crippen LogP contribution in [-0.4, -0.2) is 5.54 Å². The molecule has 1 N–H and O–H groups in total. The summed E-state index contributed by atoms with van der Waals surface area (Å²) in [5.41, 5.74) is 2.09. The normalized spacial score (nSPS) is 18.8. The van der Waals surface area contributed by atoms with Crippen LogP contribution in [0.4, 0.5) is 5.69 Å². The minimum Gasteiger partial charge on any atom is -0.380 e. The lowest BCUT2D eigenvalue weighted by atomic mass is 9.83. The van der Waals surface area contributed by atoms with Crippen molar-refractivity contribution in [2.24, 2.45) is 0 Å². The van der Waals surface area contributed by atoms with Gasteiger partial charge in [-0.05, 0) is 44.0 Å². The summed E-state index contributed by atoms with van der Waals surface area (Å²) in [6, 6.07) is 9.88. The molecular formula is C14H18N2. The van der Waals surface area contributed by atoms with E-state index in [4.69, 9.17) is 5.26 Å². The number of nitriles is 1. The highest BCUT2D eigenvalue weighted by Crippen LogP contribution is 2.31. The third kappa shape index (κ3) is 2.55. The van der Waals surface area contributed by atoms with Gasteiger partial charge in [0.15, 0.2) is 0 Å². The molecule has 1 aromatic rings. The van der Waals surface area contributed by atoms with E-state index in [2.05, 4.69) is 18.3 Å². The molecule has 1 aliphatic rings. The summed E-state index contributed by atoms with van der Waals surface area (Å²) >= 11 is 0. The van der Waals surface area contributed by atoms with Gasteiger partial charge >= 0.3 is 0 Å². The molecule has 1 saturated carbocycles. The van der Waals surface area contributed by atoms with E-state index in [9.17, 15) is 0 Å². The summed E-state index contributed by atoms with van der Waals surface area (Å²) in [4.78, 5) is 0. The van der Waals surface area contributed by atoms with Gasteiger partial charge < -0.3 is 5.32 Å². The molecule has 0 amide bonds. The SMILES string of the molecule is CC1(Nc2ccc(C#N)cc2)CCCCC1. The Bertz CT molecular complexity index is 380. The summed E-state index contributed by atoms with van der Waals surface area (Å²) in [6.45, 7) is 2.30. The van der Waals surface area contributed by atoms with Crippen molar-refractivity contribution < 1.29 is 0 Å². The summed E-state index contributed by atoms with van der Waals surface area (Å²) in [6.07, 6.45) is 6.49. The summed E-state index contributed by atoms with van der Waals surface area (Å²) in [7, 11) is 0. The molecule has 0 aromatic heterocycles. The molecule has 84 valence electrons. The molecule has 1 aromatic carbocycles. The van der Waals surface area contributed by atoms with Crippen LogP contribution < -0.4 is 5.32 Å². The Morgan fingerprint density at radius 3 is 2.31 bits per heavy atom. The van der Waals surface area contributed by atoms with Crippen LogP contribution in [0.25, 0.3) is 0 Å². The molecular weight excluding hydrogens is 196 g/mol. The van der Waals surface area contributed by atoms with E-state index in [1.165, 1.54) is 32.1 Å². The van der Waals surface area contributed by atoms with Gasteiger partial charge in [0.05, 0.1) is 11.6 Å². The molecule has 2 heteroatoms. The summed E-state index contributed by atoms with van der Waals surface area (Å²) in [5, 5.41) is 12.3. The van der Waals surface area contributed by atoms with Crippen molar-refractivity contribution in [2.45, 2.75) is 44.6 Å². The summed E-state index contributed by atoms with van der Waals surface area (Å²) in [5.74, 6) is 0. The highest BCUT2D eigenvalue weighted by molar-refractivity contribution is 5.48. The molecule has 0 spiro atoms. The van der Waals surface area contributed by atoms with Crippen LogP contribution in [-0.2, 0) is 0 Å². The van der Waals surface area contributed by atoms with Gasteiger partial charge in [0, 0.05) is 11.2 Å². The van der Waals surface area contributed by atoms with Gasteiger partial charge in [-0.15, -0.1) is 0 Å². The molecule has 2 nitrogen and oxygen atoms in total. The first-order valence-corrected chi connectivity index (χ1v) is 6.00. The van der Waals surface area contributed by atoms with E-state index in [1.807, 2.05) is 24.3 Å². The highest BCUT2D eigenvalue weighted by atomic mass is 15.0. The topological polar surface area (TPSA) is 35.8 Å². The second kappa shape index (κ2) is 4.57. The van der Waals surface area contributed by atoms with Crippen LogP contribution in [0.1, 0.15) is 44.6 Å². The lowest BCUT2D eigenvalue weighted by Crippen LogP contribution is -2.36. The summed E-state index contributed by atoms with van der Waals surface area (Å²) < 4.78 is 0. The van der Waals surface area contributed by atoms with Gasteiger partial charge in [-0.2, -0.15) is 5.26 Å². The number of hydrogen-bond donors (Lipinski definition) is 1. The van der Waals surface area contributed by atoms with Gasteiger partial charge in [0.1, 0.15) is 0 Å². The van der Waals surface area contributed by atoms with Crippen molar-refractivity contribution in [2.75, 3.05) is 5.32 Å². The van der Waals surface area contributed by atoms with Crippen molar-refractivity contribution >= 4 is 5.69 Å². The molecule has 0 saturated heterocycles. The van der Waals surface area contributed by atoms with Gasteiger partial charge in [-0.25, -0.2) is 0 Å². The lowest BCUT2D eigenvalue weighted by molar-refractivity contribution is 0.349. The van der Waals surface area contributed by atoms with Crippen LogP contribution in [0.15, 0.2) is 24.3 Å². The van der Waals surface area contributed by atoms with Crippen molar-refractivity contribution in [3.63, 3.8) is 0 Å². The first kappa shape index (κ1) is 11.0. The Kier molecular flexibility index (Phi) is 3.14. The minimum absolute atomic E-state index is 0.242. The zero-order chi connectivity index (χ0) is 11.4. The fourth-order valence-corrected chi connectivity index (χ4v) is 2.43. The van der Waals surface area contributed by atoms with Crippen LogP contribution >= 0.6 is 0 Å². The first-order chi connectivity index (χ1) is 7.72. The highest BCUT2D eigenvalue weighted by Gasteiger charge is 2.25. The Hall–Kier alpha value is -1.49. The van der Waals surface area contributed by atoms with Crippen LogP contribution in [0.2, 0.25) is 0 Å². The average Bonchev–Trinajstić information content (AvgIpc) is 2.30. The Morgan fingerprint density at radius 2 is 1.75 bits per heavy atom. The van der Waals surface area contributed by atoms with E-state index < -0.39 is 0 Å². The van der Waals surface area contributed by atoms with Crippen molar-refractivity contribution in [1.29, 1.82) is 5.26 Å². The van der Waals surface area contributed by atoms with E-state index in [0.717, 1.165) is 11.3 Å². The van der Waals surface area contributed by atoms with Crippen molar-refractivity contribution in [3.8, 4) is 6.07 Å². The largest absolute Gasteiger partial charge is 0.380 e. The van der Waals surface area contributed by atoms with Crippen molar-refractivity contribution in [1.82, 2.24) is 0 Å². The molecule has 0 radical (unpaired) electrons. The Labute approximate surface area is 97.3 Å². The zero-order valence-electron chi connectivity index (χ0n) is 9.79. The van der Waals surface area contributed by atoms with Gasteiger partial charge in [-0.3, -0.25) is 0 Å². The maximum atomic E-state index is 8.73. The fraction of sp³-hybridized carbons (Fsp3) is 0.500. The molecule has 2 rings (SSSR count). The third-order valence-electron chi connectivity index (χ3n) is 3.42. The van der Waals surface area contributed by atoms with Crippen LogP contribution in [0, 0.1) is 11.3 Å². The zero-order valence-corrected chi connectivity index (χ0v) is 9.79. The van der Waals surface area contributed by atoms with Crippen LogP contribution in [0.5, 0.6) is 0 Å². The second-order valence-electron chi connectivity index (χ2n) is 4.94. The standard InChI is InChI=1S/C14H18N2/c1-14(9-3-2-4-10-14)16-13-7-5-12(11-15)6-8-13/h5-8,16H,2-4,9-10H2,1H3. The number of rotatable bonds is 2. The average molecular weight is 214 g/mol. The molecule has 16 heavy (non-hydrogen) atoms. The molecule has 0 heterocycles. The van der Waals surface area contributed by atoms with Crippen LogP contribution in [0.3, 0.4) is 0 Å². The predicted molar refractivity (Wildman–Crippen MR) is 66.3 cm³/mol. The lowest BCUT2D eigenvalue weighted by Gasteiger charge is -2.35. The van der Waals surface area contributed by atoms with E-state index in [-0.39, 0.29) is 5.54 Å². The van der Waals surface area contributed by atoms with E-state index >= 15 is 0 Å². The van der Waals surface area contributed by atoms with Gasteiger partial charge in [-0.1, -0.05) is 19.3 Å². The molecule has 1 aliphatic carbocycles. The number of nitrogens with one attached hydrogen (secondary N) is 1. The second-order valence-corrected chi connectivity index (χ2v) is 4.94.